The highest BCUT2D eigenvalue weighted by Crippen LogP contribution is 2.47. The number of H-pyrrole nitrogens is 2. The van der Waals surface area contributed by atoms with Crippen LogP contribution in [0, 0.1) is 5.92 Å². The molecule has 0 spiro atoms. The molecule has 0 aliphatic carbocycles. The molecule has 4 heterocycles. The van der Waals surface area contributed by atoms with Crippen molar-refractivity contribution in [2.45, 2.75) is 24.7 Å². The number of likely N-dealkylation sites (tertiary alicyclic amines) is 2. The minimum absolute atomic E-state index is 0.101. The third-order valence-corrected chi connectivity index (χ3v) is 8.52. The van der Waals surface area contributed by atoms with Crippen LogP contribution in [0.2, 0.25) is 0 Å². The van der Waals surface area contributed by atoms with Gasteiger partial charge >= 0.3 is 0 Å². The van der Waals surface area contributed by atoms with Gasteiger partial charge in [-0.25, -0.2) is 0 Å². The zero-order valence-electron chi connectivity index (χ0n) is 21.7. The van der Waals surface area contributed by atoms with Gasteiger partial charge in [-0.05, 0) is 50.2 Å². The molecule has 7 heteroatoms. The molecule has 4 aromatic rings. The van der Waals surface area contributed by atoms with Crippen molar-refractivity contribution < 1.29 is 9.59 Å². The van der Waals surface area contributed by atoms with E-state index in [1.165, 1.54) is 21.9 Å². The predicted molar refractivity (Wildman–Crippen MR) is 146 cm³/mol. The van der Waals surface area contributed by atoms with Gasteiger partial charge in [0.05, 0.1) is 5.92 Å². The molecular weight excluding hydrogens is 462 g/mol. The van der Waals surface area contributed by atoms with Crippen LogP contribution in [0.15, 0.2) is 60.9 Å². The number of nitrogens with one attached hydrogen (secondary N) is 2. The van der Waals surface area contributed by atoms with Gasteiger partial charge in [-0.2, -0.15) is 0 Å². The lowest BCUT2D eigenvalue weighted by atomic mass is 9.67. The lowest BCUT2D eigenvalue weighted by Crippen LogP contribution is -2.48. The largest absolute Gasteiger partial charge is 0.361 e. The average Bonchev–Trinajstić information content (AvgIpc) is 3.64. The van der Waals surface area contributed by atoms with Gasteiger partial charge in [-0.15, -0.1) is 0 Å². The molecule has 7 nitrogen and oxygen atoms in total. The number of carbonyl (C=O) groups excluding carboxylic acids is 2. The normalized spacial score (nSPS) is 20.0. The summed E-state index contributed by atoms with van der Waals surface area (Å²) in [5, 5.41) is 2.48. The van der Waals surface area contributed by atoms with Crippen molar-refractivity contribution in [3.8, 4) is 0 Å². The van der Waals surface area contributed by atoms with Gasteiger partial charge in [0.25, 0.3) is 0 Å². The number of aromatic nitrogens is 2. The number of aromatic amines is 2. The first kappa shape index (κ1) is 23.8. The zero-order valence-corrected chi connectivity index (χ0v) is 21.7. The molecule has 2 aliphatic rings. The number of piperidine rings is 1. The van der Waals surface area contributed by atoms with E-state index in [1.807, 2.05) is 23.9 Å². The number of nitrogens with zero attached hydrogens (tertiary/aromatic N) is 3. The molecule has 2 amide bonds. The van der Waals surface area contributed by atoms with Gasteiger partial charge in [0.2, 0.25) is 11.8 Å². The summed E-state index contributed by atoms with van der Waals surface area (Å²) in [6.45, 7) is 3.40. The van der Waals surface area contributed by atoms with Gasteiger partial charge in [-0.1, -0.05) is 36.4 Å². The maximum absolute atomic E-state index is 13.6. The Labute approximate surface area is 217 Å². The second kappa shape index (κ2) is 9.38. The summed E-state index contributed by atoms with van der Waals surface area (Å²) in [7, 11) is 4.01. The molecule has 2 saturated heterocycles. The van der Waals surface area contributed by atoms with E-state index in [9.17, 15) is 9.59 Å². The Bertz CT molecular complexity index is 1370. The van der Waals surface area contributed by atoms with Crippen LogP contribution in [0.5, 0.6) is 0 Å². The van der Waals surface area contributed by atoms with Gasteiger partial charge in [-0.3, -0.25) is 9.59 Å². The van der Waals surface area contributed by atoms with Crippen molar-refractivity contribution in [2.24, 2.45) is 5.92 Å². The molecule has 2 fully saturated rings. The van der Waals surface area contributed by atoms with E-state index >= 15 is 0 Å². The SMILES string of the molecule is CN(C)CCN1C[C@H](C(=O)N2CCC(c3c[nH]c4ccccc34)(c3c[nH]c4ccccc34)CC2)CC1=O. The third-order valence-electron chi connectivity index (χ3n) is 8.52. The molecule has 37 heavy (non-hydrogen) atoms. The second-order valence-corrected chi connectivity index (χ2v) is 10.9. The van der Waals surface area contributed by atoms with Crippen molar-refractivity contribution in [3.05, 3.63) is 72.1 Å². The summed E-state index contributed by atoms with van der Waals surface area (Å²) < 4.78 is 0. The molecule has 1 atom stereocenters. The first-order valence-electron chi connectivity index (χ1n) is 13.3. The van der Waals surface area contributed by atoms with E-state index in [1.54, 1.807) is 0 Å². The summed E-state index contributed by atoms with van der Waals surface area (Å²) in [6, 6.07) is 17.0. The number of carbonyl (C=O) groups is 2. The number of benzene rings is 2. The average molecular weight is 498 g/mol. The zero-order chi connectivity index (χ0) is 25.6. The van der Waals surface area contributed by atoms with E-state index in [0.29, 0.717) is 32.6 Å². The summed E-state index contributed by atoms with van der Waals surface area (Å²) in [4.78, 5) is 39.1. The smallest absolute Gasteiger partial charge is 0.227 e. The molecule has 0 saturated carbocycles. The minimum Gasteiger partial charge on any atom is -0.361 e. The fourth-order valence-electron chi connectivity index (χ4n) is 6.46. The molecule has 192 valence electrons. The van der Waals surface area contributed by atoms with Crippen molar-refractivity contribution in [1.29, 1.82) is 0 Å². The van der Waals surface area contributed by atoms with Crippen molar-refractivity contribution >= 4 is 33.6 Å². The van der Waals surface area contributed by atoms with Gasteiger partial charge in [0.15, 0.2) is 0 Å². The molecule has 2 aromatic carbocycles. The maximum atomic E-state index is 13.6. The van der Waals surface area contributed by atoms with E-state index in [-0.39, 0.29) is 23.1 Å². The highest BCUT2D eigenvalue weighted by Gasteiger charge is 2.44. The number of likely N-dealkylation sites (N-methyl/N-ethyl adjacent to an activating group) is 1. The molecule has 2 N–H and O–H groups in total. The van der Waals surface area contributed by atoms with Gasteiger partial charge < -0.3 is 24.7 Å². The molecule has 6 rings (SSSR count). The summed E-state index contributed by atoms with van der Waals surface area (Å²) in [6.07, 6.45) is 6.35. The van der Waals surface area contributed by atoms with Crippen molar-refractivity contribution in [1.82, 2.24) is 24.7 Å². The summed E-state index contributed by atoms with van der Waals surface area (Å²) >= 11 is 0. The van der Waals surface area contributed by atoms with Crippen LogP contribution in [0.1, 0.15) is 30.4 Å². The van der Waals surface area contributed by atoms with E-state index in [2.05, 4.69) is 75.8 Å². The van der Waals surface area contributed by atoms with Crippen LogP contribution in [-0.2, 0) is 15.0 Å². The summed E-state index contributed by atoms with van der Waals surface area (Å²) in [5.74, 6) is -0.000336. The number of fused-ring (bicyclic) bond motifs is 2. The van der Waals surface area contributed by atoms with E-state index in [4.69, 9.17) is 0 Å². The minimum atomic E-state index is -0.233. The molecule has 0 unspecified atom stereocenters. The van der Waals surface area contributed by atoms with Crippen LogP contribution in [-0.4, -0.2) is 83.3 Å². The van der Waals surface area contributed by atoms with Gasteiger partial charge in [0, 0.05) is 78.8 Å². The highest BCUT2D eigenvalue weighted by atomic mass is 16.2. The topological polar surface area (TPSA) is 75.4 Å². The number of amides is 2. The van der Waals surface area contributed by atoms with Crippen molar-refractivity contribution in [3.63, 3.8) is 0 Å². The Kier molecular flexibility index (Phi) is 6.03. The van der Waals surface area contributed by atoms with E-state index in [0.717, 1.165) is 30.4 Å². The van der Waals surface area contributed by atoms with Crippen LogP contribution in [0.3, 0.4) is 0 Å². The highest BCUT2D eigenvalue weighted by molar-refractivity contribution is 5.91. The molecule has 2 aliphatic heterocycles. The van der Waals surface area contributed by atoms with Crippen LogP contribution < -0.4 is 0 Å². The lowest BCUT2D eigenvalue weighted by molar-refractivity contribution is -0.137. The Morgan fingerprint density at radius 1 is 0.946 bits per heavy atom. The van der Waals surface area contributed by atoms with Crippen LogP contribution in [0.25, 0.3) is 21.8 Å². The number of hydrogen-bond donors (Lipinski definition) is 2. The number of para-hydroxylation sites is 2. The predicted octanol–water partition coefficient (Wildman–Crippen LogP) is 3.97. The first-order valence-corrected chi connectivity index (χ1v) is 13.3. The Hall–Kier alpha value is -3.58. The molecule has 0 bridgehead atoms. The fraction of sp³-hybridized carbons (Fsp3) is 0.400. The Balaban J connectivity index is 1.28. The first-order chi connectivity index (χ1) is 18.0. The Morgan fingerprint density at radius 3 is 2.08 bits per heavy atom. The van der Waals surface area contributed by atoms with Crippen LogP contribution in [0.4, 0.5) is 0 Å². The van der Waals surface area contributed by atoms with Crippen LogP contribution >= 0.6 is 0 Å². The fourth-order valence-corrected chi connectivity index (χ4v) is 6.46. The molecule has 0 radical (unpaired) electrons. The summed E-state index contributed by atoms with van der Waals surface area (Å²) in [5.41, 5.74) is 4.66. The van der Waals surface area contributed by atoms with Gasteiger partial charge in [0.1, 0.15) is 0 Å². The Morgan fingerprint density at radius 2 is 1.51 bits per heavy atom. The lowest BCUT2D eigenvalue weighted by Gasteiger charge is -2.43. The third kappa shape index (κ3) is 4.11. The molecular formula is C30H35N5O2. The monoisotopic (exact) mass is 497 g/mol. The number of rotatable bonds is 6. The standard InChI is InChI=1S/C30H35N5O2/c1-33(2)15-16-35-20-21(17-28(35)36)29(37)34-13-11-30(12-14-34,24-18-31-26-9-5-3-7-22(24)26)25-19-32-27-10-6-4-8-23(25)27/h3-10,18-19,21,31-32H,11-17,20H2,1-2H3/t21-/m1/s1. The maximum Gasteiger partial charge on any atom is 0.227 e. The number of hydrogen-bond acceptors (Lipinski definition) is 3. The second-order valence-electron chi connectivity index (χ2n) is 10.9. The quantitative estimate of drug-likeness (QED) is 0.423. The van der Waals surface area contributed by atoms with E-state index < -0.39 is 0 Å². The molecule has 2 aromatic heterocycles. The van der Waals surface area contributed by atoms with Crippen molar-refractivity contribution in [2.75, 3.05) is 46.8 Å².